The van der Waals surface area contributed by atoms with Crippen LogP contribution in [0.15, 0.2) is 32.0 Å². The second-order valence-electron chi connectivity index (χ2n) is 9.01. The fraction of sp³-hybridized carbons (Fsp3) is 0.458. The number of carboxylic acid groups (broad SMARTS) is 1. The van der Waals surface area contributed by atoms with Crippen molar-refractivity contribution >= 4 is 33.8 Å². The van der Waals surface area contributed by atoms with E-state index in [1.807, 2.05) is 13.0 Å². The molecule has 1 atom stereocenters. The maximum atomic E-state index is 12.6. The van der Waals surface area contributed by atoms with E-state index >= 15 is 0 Å². The Bertz CT molecular complexity index is 1190. The predicted octanol–water partition coefficient (Wildman–Crippen LogP) is 4.45. The summed E-state index contributed by atoms with van der Waals surface area (Å²) in [6.45, 7) is 9.99. The topological polar surface area (TPSA) is 110 Å². The van der Waals surface area contributed by atoms with E-state index in [1.165, 1.54) is 0 Å². The molecule has 0 saturated carbocycles. The van der Waals surface area contributed by atoms with Gasteiger partial charge in [0.15, 0.2) is 0 Å². The molecular formula is C24H29NO6. The molecule has 3 rings (SSSR count). The number of furan rings is 1. The molecule has 1 unspecified atom stereocenters. The van der Waals surface area contributed by atoms with Gasteiger partial charge in [-0.15, -0.1) is 0 Å². The highest BCUT2D eigenvalue weighted by Gasteiger charge is 2.24. The lowest BCUT2D eigenvalue weighted by Crippen LogP contribution is -2.42. The molecule has 166 valence electrons. The van der Waals surface area contributed by atoms with Crippen LogP contribution in [-0.2, 0) is 21.4 Å². The number of benzene rings is 1. The Kier molecular flexibility index (Phi) is 6.25. The highest BCUT2D eigenvalue weighted by atomic mass is 16.4. The van der Waals surface area contributed by atoms with Crippen LogP contribution in [0.4, 0.5) is 0 Å². The van der Waals surface area contributed by atoms with Crippen LogP contribution in [0.5, 0.6) is 0 Å². The Hall–Kier alpha value is -3.09. The fourth-order valence-corrected chi connectivity index (χ4v) is 3.77. The first-order chi connectivity index (χ1) is 14.5. The van der Waals surface area contributed by atoms with Gasteiger partial charge in [0, 0.05) is 22.4 Å². The number of rotatable bonds is 7. The molecule has 0 bridgehead atoms. The number of fused-ring (bicyclic) bond motifs is 2. The lowest BCUT2D eigenvalue weighted by atomic mass is 9.86. The SMILES string of the molecule is CCCCC(NC(=O)Cc1c(C)c2cc3c(C(C)(C)C)coc3cc2oc1=O)C(=O)O. The first-order valence-electron chi connectivity index (χ1n) is 10.5. The van der Waals surface area contributed by atoms with E-state index in [0.717, 1.165) is 22.8 Å². The van der Waals surface area contributed by atoms with E-state index < -0.39 is 23.5 Å². The van der Waals surface area contributed by atoms with Crippen LogP contribution < -0.4 is 10.9 Å². The second kappa shape index (κ2) is 8.57. The Balaban J connectivity index is 1.99. The fourth-order valence-electron chi connectivity index (χ4n) is 3.77. The highest BCUT2D eigenvalue weighted by Crippen LogP contribution is 2.35. The summed E-state index contributed by atoms with van der Waals surface area (Å²) in [6, 6.07) is 2.65. The summed E-state index contributed by atoms with van der Waals surface area (Å²) in [5.74, 6) is -1.60. The van der Waals surface area contributed by atoms with Crippen LogP contribution in [0.3, 0.4) is 0 Å². The van der Waals surface area contributed by atoms with Crippen LogP contribution in [-0.4, -0.2) is 23.0 Å². The number of hydrogen-bond donors (Lipinski definition) is 2. The summed E-state index contributed by atoms with van der Waals surface area (Å²) in [5.41, 5.74) is 2.19. The summed E-state index contributed by atoms with van der Waals surface area (Å²) in [5, 5.41) is 13.5. The van der Waals surface area contributed by atoms with Crippen LogP contribution in [0.1, 0.15) is 63.6 Å². The van der Waals surface area contributed by atoms with Crippen molar-refractivity contribution in [3.63, 3.8) is 0 Å². The van der Waals surface area contributed by atoms with Crippen molar-refractivity contribution in [2.75, 3.05) is 0 Å². The molecule has 7 nitrogen and oxygen atoms in total. The summed E-state index contributed by atoms with van der Waals surface area (Å²) in [7, 11) is 0. The van der Waals surface area contributed by atoms with E-state index in [-0.39, 0.29) is 17.4 Å². The van der Waals surface area contributed by atoms with Crippen molar-refractivity contribution in [1.29, 1.82) is 0 Å². The minimum atomic E-state index is -1.08. The van der Waals surface area contributed by atoms with Crippen LogP contribution in [0.2, 0.25) is 0 Å². The Morgan fingerprint density at radius 1 is 1.16 bits per heavy atom. The monoisotopic (exact) mass is 427 g/mol. The molecule has 0 fully saturated rings. The summed E-state index contributed by atoms with van der Waals surface area (Å²) < 4.78 is 11.2. The largest absolute Gasteiger partial charge is 0.480 e. The quantitative estimate of drug-likeness (QED) is 0.539. The second-order valence-corrected chi connectivity index (χ2v) is 9.01. The van der Waals surface area contributed by atoms with Gasteiger partial charge in [-0.1, -0.05) is 40.5 Å². The van der Waals surface area contributed by atoms with E-state index in [1.54, 1.807) is 19.3 Å². The maximum absolute atomic E-state index is 12.6. The number of aryl methyl sites for hydroxylation is 1. The molecule has 2 aromatic heterocycles. The van der Waals surface area contributed by atoms with Gasteiger partial charge in [-0.05, 0) is 30.4 Å². The highest BCUT2D eigenvalue weighted by molar-refractivity contribution is 5.97. The number of carbonyl (C=O) groups is 2. The average molecular weight is 427 g/mol. The zero-order valence-electron chi connectivity index (χ0n) is 18.6. The molecule has 7 heteroatoms. The molecule has 0 aliphatic carbocycles. The van der Waals surface area contributed by atoms with E-state index in [9.17, 15) is 19.5 Å². The van der Waals surface area contributed by atoms with Gasteiger partial charge in [0.05, 0.1) is 18.2 Å². The third-order valence-electron chi connectivity index (χ3n) is 5.61. The van der Waals surface area contributed by atoms with Crippen molar-refractivity contribution in [3.05, 3.63) is 45.5 Å². The number of amides is 1. The summed E-state index contributed by atoms with van der Waals surface area (Å²) in [4.78, 5) is 36.5. The van der Waals surface area contributed by atoms with Gasteiger partial charge in [-0.3, -0.25) is 4.79 Å². The third-order valence-corrected chi connectivity index (χ3v) is 5.61. The lowest BCUT2D eigenvalue weighted by Gasteiger charge is -2.17. The zero-order valence-corrected chi connectivity index (χ0v) is 18.6. The summed E-state index contributed by atoms with van der Waals surface area (Å²) in [6.07, 6.45) is 3.33. The number of unbranched alkanes of at least 4 members (excludes halogenated alkanes) is 1. The van der Waals surface area contributed by atoms with Crippen molar-refractivity contribution < 1.29 is 23.5 Å². The minimum absolute atomic E-state index is 0.129. The predicted molar refractivity (Wildman–Crippen MR) is 118 cm³/mol. The Labute approximate surface area is 180 Å². The number of aliphatic carboxylic acids is 1. The van der Waals surface area contributed by atoms with Crippen LogP contribution >= 0.6 is 0 Å². The lowest BCUT2D eigenvalue weighted by molar-refractivity contribution is -0.142. The molecule has 2 N–H and O–H groups in total. The molecular weight excluding hydrogens is 398 g/mol. The van der Waals surface area contributed by atoms with Gasteiger partial charge in [0.25, 0.3) is 0 Å². The van der Waals surface area contributed by atoms with Gasteiger partial charge >= 0.3 is 11.6 Å². The third kappa shape index (κ3) is 4.65. The normalized spacial score (nSPS) is 12.9. The van der Waals surface area contributed by atoms with Crippen LogP contribution in [0.25, 0.3) is 21.9 Å². The van der Waals surface area contributed by atoms with Crippen molar-refractivity contribution in [2.24, 2.45) is 0 Å². The average Bonchev–Trinajstić information content (AvgIpc) is 3.10. The molecule has 0 radical (unpaired) electrons. The molecule has 0 aliphatic heterocycles. The summed E-state index contributed by atoms with van der Waals surface area (Å²) >= 11 is 0. The molecule has 1 aromatic carbocycles. The van der Waals surface area contributed by atoms with Gasteiger partial charge < -0.3 is 19.3 Å². The molecule has 3 aromatic rings. The van der Waals surface area contributed by atoms with E-state index in [2.05, 4.69) is 26.1 Å². The first-order valence-corrected chi connectivity index (χ1v) is 10.5. The zero-order chi connectivity index (χ0) is 22.9. The number of hydrogen-bond acceptors (Lipinski definition) is 5. The van der Waals surface area contributed by atoms with Crippen molar-refractivity contribution in [3.8, 4) is 0 Å². The molecule has 0 saturated heterocycles. The number of nitrogens with one attached hydrogen (secondary N) is 1. The minimum Gasteiger partial charge on any atom is -0.480 e. The standard InChI is InChI=1S/C24H29NO6/c1-6-7-8-18(22(27)28)25-21(26)10-15-13(2)14-9-16-17(24(3,4)5)12-30-19(16)11-20(14)31-23(15)29/h9,11-12,18H,6-8,10H2,1-5H3,(H,25,26)(H,27,28). The van der Waals surface area contributed by atoms with Gasteiger partial charge in [-0.2, -0.15) is 0 Å². The van der Waals surface area contributed by atoms with Gasteiger partial charge in [0.1, 0.15) is 17.2 Å². The van der Waals surface area contributed by atoms with Crippen molar-refractivity contribution in [1.82, 2.24) is 5.32 Å². The molecule has 0 aliphatic rings. The molecule has 1 amide bonds. The maximum Gasteiger partial charge on any atom is 0.340 e. The number of carbonyl (C=O) groups excluding carboxylic acids is 1. The van der Waals surface area contributed by atoms with Gasteiger partial charge in [-0.25, -0.2) is 9.59 Å². The Morgan fingerprint density at radius 2 is 1.87 bits per heavy atom. The Morgan fingerprint density at radius 3 is 2.48 bits per heavy atom. The smallest absolute Gasteiger partial charge is 0.340 e. The van der Waals surface area contributed by atoms with Crippen LogP contribution in [0, 0.1) is 6.92 Å². The first kappa shape index (κ1) is 22.6. The molecule has 31 heavy (non-hydrogen) atoms. The van der Waals surface area contributed by atoms with Gasteiger partial charge in [0.2, 0.25) is 5.91 Å². The van der Waals surface area contributed by atoms with Crippen molar-refractivity contribution in [2.45, 2.75) is 71.8 Å². The molecule has 0 spiro atoms. The van der Waals surface area contributed by atoms with E-state index in [4.69, 9.17) is 8.83 Å². The number of carboxylic acids is 1. The van der Waals surface area contributed by atoms with E-state index in [0.29, 0.717) is 29.6 Å². The molecule has 2 heterocycles.